The maximum atomic E-state index is 12.9. The molecule has 0 aliphatic carbocycles. The number of alkyl carbamates (subject to hydrolysis) is 1. The topological polar surface area (TPSA) is 126 Å². The lowest BCUT2D eigenvalue weighted by Gasteiger charge is -2.25. The van der Waals surface area contributed by atoms with E-state index in [0.717, 1.165) is 10.6 Å². The Morgan fingerprint density at radius 2 is 2.00 bits per heavy atom. The van der Waals surface area contributed by atoms with Crippen molar-refractivity contribution < 1.29 is 23.9 Å². The molecule has 2 atom stereocenters. The number of amides is 3. The Bertz CT molecular complexity index is 831. The summed E-state index contributed by atoms with van der Waals surface area (Å²) in [6.07, 6.45) is 1.47. The van der Waals surface area contributed by atoms with Crippen molar-refractivity contribution in [2.24, 2.45) is 11.3 Å². The molecule has 1 aromatic heterocycles. The third-order valence-corrected chi connectivity index (χ3v) is 5.92. The number of hydrogen-bond donors (Lipinski definition) is 3. The van der Waals surface area contributed by atoms with Crippen molar-refractivity contribution in [3.05, 3.63) is 16.1 Å². The fourth-order valence-electron chi connectivity index (χ4n) is 3.23. The standard InChI is InChI=1S/C22H34N4O5S/c1-13(2)17(26-21(30)31-11-22(3,4)5)19(28)25-15-8-6-7-14-16(32-12-24-14)9-10-23-20(29)18(15)27/h12-13,15,17H,6-11H2,1-5H3,(H,23,29)(H,25,28)(H,26,30). The van der Waals surface area contributed by atoms with E-state index in [1.165, 1.54) is 11.3 Å². The van der Waals surface area contributed by atoms with E-state index in [-0.39, 0.29) is 17.9 Å². The number of nitrogens with zero attached hydrogens (tertiary/aromatic N) is 1. The highest BCUT2D eigenvalue weighted by atomic mass is 32.1. The molecule has 0 bridgehead atoms. The minimum absolute atomic E-state index is 0.200. The predicted octanol–water partition coefficient (Wildman–Crippen LogP) is 1.99. The zero-order chi connectivity index (χ0) is 23.9. The average molecular weight is 467 g/mol. The molecular weight excluding hydrogens is 432 g/mol. The second kappa shape index (κ2) is 11.4. The quantitative estimate of drug-likeness (QED) is 0.570. The highest BCUT2D eigenvalue weighted by Gasteiger charge is 2.32. The Balaban J connectivity index is 2.06. The van der Waals surface area contributed by atoms with Crippen molar-refractivity contribution in [1.29, 1.82) is 0 Å². The Hall–Kier alpha value is -2.49. The van der Waals surface area contributed by atoms with E-state index in [1.807, 2.05) is 20.8 Å². The largest absolute Gasteiger partial charge is 0.449 e. The number of fused-ring (bicyclic) bond motifs is 1. The van der Waals surface area contributed by atoms with Crippen LogP contribution in [0.15, 0.2) is 5.51 Å². The van der Waals surface area contributed by atoms with Crippen molar-refractivity contribution in [1.82, 2.24) is 20.9 Å². The second-order valence-electron chi connectivity index (χ2n) is 9.55. The summed E-state index contributed by atoms with van der Waals surface area (Å²) in [5, 5.41) is 7.88. The smallest absolute Gasteiger partial charge is 0.407 e. The molecule has 1 aliphatic rings. The van der Waals surface area contributed by atoms with Gasteiger partial charge in [-0.1, -0.05) is 34.6 Å². The van der Waals surface area contributed by atoms with Gasteiger partial charge < -0.3 is 20.7 Å². The average Bonchev–Trinajstić information content (AvgIpc) is 3.14. The third-order valence-electron chi connectivity index (χ3n) is 4.98. The summed E-state index contributed by atoms with van der Waals surface area (Å²) in [5.74, 6) is -2.18. The minimum Gasteiger partial charge on any atom is -0.449 e. The molecule has 0 spiro atoms. The summed E-state index contributed by atoms with van der Waals surface area (Å²) in [4.78, 5) is 55.6. The SMILES string of the molecule is CC(C)C(NC(=O)OCC(C)(C)C)C(=O)NC1CCCc2ncsc2CCNC(=O)C1=O. The number of ketones is 1. The predicted molar refractivity (Wildman–Crippen MR) is 121 cm³/mol. The van der Waals surface area contributed by atoms with Crippen molar-refractivity contribution in [2.75, 3.05) is 13.2 Å². The first-order chi connectivity index (χ1) is 15.0. The summed E-state index contributed by atoms with van der Waals surface area (Å²) in [7, 11) is 0. The summed E-state index contributed by atoms with van der Waals surface area (Å²) >= 11 is 1.53. The van der Waals surface area contributed by atoms with Crippen molar-refractivity contribution >= 4 is 35.0 Å². The van der Waals surface area contributed by atoms with Gasteiger partial charge in [0.15, 0.2) is 0 Å². The van der Waals surface area contributed by atoms with Crippen molar-refractivity contribution in [2.45, 2.75) is 72.4 Å². The number of ether oxygens (including phenoxy) is 1. The van der Waals surface area contributed by atoms with Crippen molar-refractivity contribution in [3.8, 4) is 0 Å². The third kappa shape index (κ3) is 7.89. The maximum Gasteiger partial charge on any atom is 0.407 e. The molecule has 0 saturated carbocycles. The number of aryl methyl sites for hydroxylation is 1. The van der Waals surface area contributed by atoms with E-state index in [0.29, 0.717) is 32.2 Å². The second-order valence-corrected chi connectivity index (χ2v) is 10.5. The molecule has 0 fully saturated rings. The molecule has 2 heterocycles. The Kier molecular flexibility index (Phi) is 9.18. The summed E-state index contributed by atoms with van der Waals surface area (Å²) < 4.78 is 5.20. The normalized spacial score (nSPS) is 18.8. The number of nitrogens with one attached hydrogen (secondary N) is 3. The molecule has 0 aromatic carbocycles. The van der Waals surface area contributed by atoms with Crippen LogP contribution in [0.4, 0.5) is 4.79 Å². The number of thiazole rings is 1. The van der Waals surface area contributed by atoms with Gasteiger partial charge >= 0.3 is 6.09 Å². The molecule has 10 heteroatoms. The first-order valence-corrected chi connectivity index (χ1v) is 11.8. The molecule has 1 aliphatic heterocycles. The fourth-order valence-corrected chi connectivity index (χ4v) is 4.04. The first-order valence-electron chi connectivity index (χ1n) is 10.9. The van der Waals surface area contributed by atoms with Gasteiger partial charge in [-0.05, 0) is 30.6 Å². The molecule has 0 radical (unpaired) electrons. The number of carbonyl (C=O) groups is 4. The maximum absolute atomic E-state index is 12.9. The van der Waals surface area contributed by atoms with Gasteiger partial charge in [-0.15, -0.1) is 11.3 Å². The Labute approximate surface area is 193 Å². The monoisotopic (exact) mass is 466 g/mol. The van der Waals surface area contributed by atoms with Crippen LogP contribution in [0.3, 0.4) is 0 Å². The summed E-state index contributed by atoms with van der Waals surface area (Å²) in [6.45, 7) is 9.88. The van der Waals surface area contributed by atoms with Gasteiger partial charge in [0, 0.05) is 17.8 Å². The van der Waals surface area contributed by atoms with Crippen LogP contribution < -0.4 is 16.0 Å². The van der Waals surface area contributed by atoms with E-state index in [2.05, 4.69) is 20.9 Å². The van der Waals surface area contributed by atoms with Crippen LogP contribution in [0, 0.1) is 11.3 Å². The molecule has 9 nitrogen and oxygen atoms in total. The lowest BCUT2D eigenvalue weighted by atomic mass is 9.99. The molecule has 0 saturated heterocycles. The van der Waals surface area contributed by atoms with Crippen LogP contribution in [-0.2, 0) is 32.0 Å². The van der Waals surface area contributed by atoms with Gasteiger partial charge in [-0.2, -0.15) is 0 Å². The Morgan fingerprint density at radius 1 is 1.28 bits per heavy atom. The summed E-state index contributed by atoms with van der Waals surface area (Å²) in [5.41, 5.74) is 2.53. The van der Waals surface area contributed by atoms with Gasteiger partial charge in [0.2, 0.25) is 11.7 Å². The highest BCUT2D eigenvalue weighted by molar-refractivity contribution is 7.09. The molecule has 3 amide bonds. The van der Waals surface area contributed by atoms with Crippen LogP contribution in [-0.4, -0.2) is 53.9 Å². The molecule has 2 rings (SSSR count). The molecule has 2 unspecified atom stereocenters. The number of aromatic nitrogens is 1. The summed E-state index contributed by atoms with van der Waals surface area (Å²) in [6, 6.07) is -1.88. The van der Waals surface area contributed by atoms with E-state index in [1.54, 1.807) is 19.4 Å². The number of Topliss-reactive ketones (excluding diaryl/α,β-unsaturated/α-hetero) is 1. The minimum atomic E-state index is -0.976. The van der Waals surface area contributed by atoms with Gasteiger partial charge in [0.1, 0.15) is 6.04 Å². The number of carbonyl (C=O) groups excluding carboxylic acids is 4. The molecule has 3 N–H and O–H groups in total. The van der Waals surface area contributed by atoms with E-state index in [9.17, 15) is 19.2 Å². The Morgan fingerprint density at radius 3 is 2.66 bits per heavy atom. The van der Waals surface area contributed by atoms with Gasteiger partial charge in [-0.25, -0.2) is 9.78 Å². The zero-order valence-corrected chi connectivity index (χ0v) is 20.3. The number of hydrogen-bond acceptors (Lipinski definition) is 7. The van der Waals surface area contributed by atoms with Gasteiger partial charge in [0.05, 0.1) is 23.9 Å². The molecule has 178 valence electrons. The van der Waals surface area contributed by atoms with E-state index in [4.69, 9.17) is 4.74 Å². The van der Waals surface area contributed by atoms with Gasteiger partial charge in [0.25, 0.3) is 5.91 Å². The molecular formula is C22H34N4O5S. The zero-order valence-electron chi connectivity index (χ0n) is 19.4. The van der Waals surface area contributed by atoms with Crippen LogP contribution in [0.5, 0.6) is 0 Å². The van der Waals surface area contributed by atoms with Crippen LogP contribution in [0.2, 0.25) is 0 Å². The molecule has 32 heavy (non-hydrogen) atoms. The fraction of sp³-hybridized carbons (Fsp3) is 0.682. The van der Waals surface area contributed by atoms with Crippen molar-refractivity contribution in [3.63, 3.8) is 0 Å². The highest BCUT2D eigenvalue weighted by Crippen LogP contribution is 2.18. The van der Waals surface area contributed by atoms with E-state index >= 15 is 0 Å². The van der Waals surface area contributed by atoms with Crippen LogP contribution in [0.25, 0.3) is 0 Å². The first kappa shape index (κ1) is 25.8. The van der Waals surface area contributed by atoms with Crippen LogP contribution >= 0.6 is 11.3 Å². The lowest BCUT2D eigenvalue weighted by Crippen LogP contribution is -2.55. The van der Waals surface area contributed by atoms with E-state index < -0.39 is 35.8 Å². The lowest BCUT2D eigenvalue weighted by molar-refractivity contribution is -0.140. The van der Waals surface area contributed by atoms with Gasteiger partial charge in [-0.3, -0.25) is 14.4 Å². The van der Waals surface area contributed by atoms with Crippen LogP contribution in [0.1, 0.15) is 58.0 Å². The number of rotatable bonds is 5. The molecule has 1 aromatic rings.